The minimum Gasteiger partial charge on any atom is -0.496 e. The van der Waals surface area contributed by atoms with Crippen LogP contribution in [0.2, 0.25) is 0 Å². The average Bonchev–Trinajstić information content (AvgIpc) is 3.03. The summed E-state index contributed by atoms with van der Waals surface area (Å²) in [5, 5.41) is 7.18. The van der Waals surface area contributed by atoms with E-state index in [2.05, 4.69) is 20.4 Å². The number of aryl methyl sites for hydroxylation is 1. The number of carbonyl (C=O) groups is 1. The first-order chi connectivity index (χ1) is 12.5. The maximum atomic E-state index is 12.6. The Hall–Kier alpha value is -3.22. The maximum absolute atomic E-state index is 12.6. The molecule has 0 saturated heterocycles. The number of hydrogen-bond donors (Lipinski definition) is 1. The third-order valence-corrected chi connectivity index (χ3v) is 4.29. The predicted molar refractivity (Wildman–Crippen MR) is 97.5 cm³/mol. The molecule has 0 radical (unpaired) electrons. The van der Waals surface area contributed by atoms with Gasteiger partial charge in [0.05, 0.1) is 36.8 Å². The molecule has 0 fully saturated rings. The Morgan fingerprint density at radius 3 is 2.69 bits per heavy atom. The lowest BCUT2D eigenvalue weighted by Crippen LogP contribution is -2.24. The normalized spacial score (nSPS) is 10.6. The van der Waals surface area contributed by atoms with Crippen LogP contribution in [0, 0.1) is 20.8 Å². The molecule has 7 nitrogen and oxygen atoms in total. The molecule has 3 aromatic heterocycles. The summed E-state index contributed by atoms with van der Waals surface area (Å²) in [5.74, 6) is 1.26. The second-order valence-electron chi connectivity index (χ2n) is 5.97. The minimum atomic E-state index is -0.203. The van der Waals surface area contributed by atoms with Crippen molar-refractivity contribution >= 4 is 5.91 Å². The Morgan fingerprint density at radius 2 is 2.00 bits per heavy atom. The lowest BCUT2D eigenvalue weighted by atomic mass is 10.1. The highest BCUT2D eigenvalue weighted by atomic mass is 16.5. The number of carbonyl (C=O) groups excluding carboxylic acids is 1. The lowest BCUT2D eigenvalue weighted by Gasteiger charge is -2.12. The Morgan fingerprint density at radius 1 is 1.19 bits per heavy atom. The topological polar surface area (TPSA) is 81.9 Å². The quantitative estimate of drug-likeness (QED) is 0.764. The third-order valence-electron chi connectivity index (χ3n) is 4.29. The van der Waals surface area contributed by atoms with E-state index in [4.69, 9.17) is 4.74 Å². The van der Waals surface area contributed by atoms with Gasteiger partial charge in [0.15, 0.2) is 5.82 Å². The first-order valence-electron chi connectivity index (χ1n) is 8.26. The van der Waals surface area contributed by atoms with Gasteiger partial charge < -0.3 is 10.1 Å². The van der Waals surface area contributed by atoms with E-state index < -0.39 is 0 Å². The van der Waals surface area contributed by atoms with E-state index in [0.29, 0.717) is 17.9 Å². The fourth-order valence-electron chi connectivity index (χ4n) is 2.85. The Kier molecular flexibility index (Phi) is 4.97. The van der Waals surface area contributed by atoms with Crippen molar-refractivity contribution in [2.24, 2.45) is 0 Å². The SMILES string of the molecule is COc1c(C)cnc(CNC(=O)c2cnn(-c3ccccn3)c2C)c1C. The molecule has 1 N–H and O–H groups in total. The molecule has 0 aliphatic heterocycles. The van der Waals surface area contributed by atoms with Crippen molar-refractivity contribution in [2.75, 3.05) is 7.11 Å². The van der Waals surface area contributed by atoms with E-state index in [0.717, 1.165) is 28.3 Å². The number of hydrogen-bond acceptors (Lipinski definition) is 5. The maximum Gasteiger partial charge on any atom is 0.255 e. The number of nitrogens with one attached hydrogen (secondary N) is 1. The van der Waals surface area contributed by atoms with Crippen LogP contribution in [0.15, 0.2) is 36.8 Å². The number of ether oxygens (including phenoxy) is 1. The molecular formula is C19H21N5O2. The molecule has 0 atom stereocenters. The van der Waals surface area contributed by atoms with Crippen LogP contribution in [0.3, 0.4) is 0 Å². The molecule has 3 rings (SSSR count). The molecule has 7 heteroatoms. The average molecular weight is 351 g/mol. The summed E-state index contributed by atoms with van der Waals surface area (Å²) in [4.78, 5) is 21.2. The van der Waals surface area contributed by atoms with Crippen LogP contribution in [0.5, 0.6) is 5.75 Å². The molecule has 0 saturated carbocycles. The van der Waals surface area contributed by atoms with E-state index in [1.54, 1.807) is 30.4 Å². The van der Waals surface area contributed by atoms with Gasteiger partial charge in [-0.1, -0.05) is 6.07 Å². The van der Waals surface area contributed by atoms with Crippen molar-refractivity contribution in [3.8, 4) is 11.6 Å². The number of aromatic nitrogens is 4. The fourth-order valence-corrected chi connectivity index (χ4v) is 2.85. The van der Waals surface area contributed by atoms with E-state index in [-0.39, 0.29) is 5.91 Å². The van der Waals surface area contributed by atoms with Gasteiger partial charge in [-0.15, -0.1) is 0 Å². The lowest BCUT2D eigenvalue weighted by molar-refractivity contribution is 0.0949. The Labute approximate surface area is 152 Å². The molecule has 134 valence electrons. The largest absolute Gasteiger partial charge is 0.496 e. The van der Waals surface area contributed by atoms with Crippen LogP contribution < -0.4 is 10.1 Å². The van der Waals surface area contributed by atoms with Crippen LogP contribution in [-0.2, 0) is 6.54 Å². The second-order valence-corrected chi connectivity index (χ2v) is 5.97. The summed E-state index contributed by atoms with van der Waals surface area (Å²) < 4.78 is 7.05. The number of pyridine rings is 2. The van der Waals surface area contributed by atoms with Crippen LogP contribution in [0.4, 0.5) is 0 Å². The van der Waals surface area contributed by atoms with E-state index in [1.807, 2.05) is 39.0 Å². The zero-order valence-electron chi connectivity index (χ0n) is 15.3. The van der Waals surface area contributed by atoms with Gasteiger partial charge in [0.25, 0.3) is 5.91 Å². The highest BCUT2D eigenvalue weighted by molar-refractivity contribution is 5.95. The molecular weight excluding hydrogens is 330 g/mol. The minimum absolute atomic E-state index is 0.203. The number of methoxy groups -OCH3 is 1. The number of rotatable bonds is 5. The monoisotopic (exact) mass is 351 g/mol. The molecule has 0 spiro atoms. The van der Waals surface area contributed by atoms with E-state index in [9.17, 15) is 4.79 Å². The molecule has 1 amide bonds. The predicted octanol–water partition coefficient (Wildman–Crippen LogP) is 2.53. The first-order valence-corrected chi connectivity index (χ1v) is 8.26. The number of nitrogens with zero attached hydrogens (tertiary/aromatic N) is 4. The van der Waals surface area contributed by atoms with Crippen LogP contribution >= 0.6 is 0 Å². The van der Waals surface area contributed by atoms with Crippen molar-refractivity contribution in [1.82, 2.24) is 25.1 Å². The molecule has 0 aliphatic carbocycles. The summed E-state index contributed by atoms with van der Waals surface area (Å²) >= 11 is 0. The fraction of sp³-hybridized carbons (Fsp3) is 0.263. The molecule has 0 bridgehead atoms. The molecule has 3 heterocycles. The third kappa shape index (κ3) is 3.28. The first kappa shape index (κ1) is 17.6. The highest BCUT2D eigenvalue weighted by Gasteiger charge is 2.16. The van der Waals surface area contributed by atoms with Crippen LogP contribution in [-0.4, -0.2) is 32.8 Å². The molecule has 0 aliphatic rings. The van der Waals surface area contributed by atoms with Crippen molar-refractivity contribution in [3.63, 3.8) is 0 Å². The summed E-state index contributed by atoms with van der Waals surface area (Å²) in [6.45, 7) is 6.03. The van der Waals surface area contributed by atoms with Crippen LogP contribution in [0.1, 0.15) is 32.9 Å². The summed E-state index contributed by atoms with van der Waals surface area (Å²) in [6, 6.07) is 5.55. The number of amides is 1. The van der Waals surface area contributed by atoms with Gasteiger partial charge >= 0.3 is 0 Å². The van der Waals surface area contributed by atoms with Crippen molar-refractivity contribution in [1.29, 1.82) is 0 Å². The van der Waals surface area contributed by atoms with Gasteiger partial charge in [0.2, 0.25) is 0 Å². The summed E-state index contributed by atoms with van der Waals surface area (Å²) in [6.07, 6.45) is 4.99. The van der Waals surface area contributed by atoms with Gasteiger partial charge in [0.1, 0.15) is 5.75 Å². The van der Waals surface area contributed by atoms with E-state index in [1.165, 1.54) is 0 Å². The molecule has 0 aromatic carbocycles. The zero-order chi connectivity index (χ0) is 18.7. The van der Waals surface area contributed by atoms with Gasteiger partial charge in [-0.3, -0.25) is 9.78 Å². The summed E-state index contributed by atoms with van der Waals surface area (Å²) in [7, 11) is 1.63. The molecule has 0 unspecified atom stereocenters. The van der Waals surface area contributed by atoms with Gasteiger partial charge in [-0.2, -0.15) is 5.10 Å². The second kappa shape index (κ2) is 7.35. The smallest absolute Gasteiger partial charge is 0.255 e. The highest BCUT2D eigenvalue weighted by Crippen LogP contribution is 2.23. The van der Waals surface area contributed by atoms with Crippen LogP contribution in [0.25, 0.3) is 5.82 Å². The van der Waals surface area contributed by atoms with Gasteiger partial charge in [-0.05, 0) is 32.9 Å². The van der Waals surface area contributed by atoms with Crippen molar-refractivity contribution in [3.05, 3.63) is 64.9 Å². The Bertz CT molecular complexity index is 935. The summed E-state index contributed by atoms with van der Waals surface area (Å²) in [5.41, 5.74) is 3.90. The standard InChI is InChI=1S/C19H21N5O2/c1-12-9-21-16(13(2)18(12)26-4)11-22-19(25)15-10-23-24(14(15)3)17-7-5-6-8-20-17/h5-10H,11H2,1-4H3,(H,22,25). The van der Waals surface area contributed by atoms with Gasteiger partial charge in [0, 0.05) is 23.5 Å². The van der Waals surface area contributed by atoms with Crippen molar-refractivity contribution < 1.29 is 9.53 Å². The Balaban J connectivity index is 1.77. The molecule has 3 aromatic rings. The zero-order valence-corrected chi connectivity index (χ0v) is 15.3. The van der Waals surface area contributed by atoms with Gasteiger partial charge in [-0.25, -0.2) is 9.67 Å². The molecule has 26 heavy (non-hydrogen) atoms. The van der Waals surface area contributed by atoms with Crippen molar-refractivity contribution in [2.45, 2.75) is 27.3 Å². The van der Waals surface area contributed by atoms with E-state index >= 15 is 0 Å².